The van der Waals surface area contributed by atoms with E-state index >= 15 is 0 Å². The van der Waals surface area contributed by atoms with Crippen LogP contribution in [0.5, 0.6) is 0 Å². The number of aromatic nitrogens is 2. The van der Waals surface area contributed by atoms with Crippen LogP contribution in [0.1, 0.15) is 28.4 Å². The predicted octanol–water partition coefficient (Wildman–Crippen LogP) is 2.53. The van der Waals surface area contributed by atoms with Gasteiger partial charge in [0.15, 0.2) is 5.58 Å². The van der Waals surface area contributed by atoms with Gasteiger partial charge in [0, 0.05) is 37.4 Å². The molecule has 1 aliphatic heterocycles. The van der Waals surface area contributed by atoms with E-state index in [1.165, 1.54) is 6.20 Å². The van der Waals surface area contributed by atoms with Crippen LogP contribution in [-0.2, 0) is 6.18 Å². The van der Waals surface area contributed by atoms with Gasteiger partial charge in [-0.3, -0.25) is 14.8 Å². The van der Waals surface area contributed by atoms with E-state index < -0.39 is 29.8 Å². The monoisotopic (exact) mass is 464 g/mol. The van der Waals surface area contributed by atoms with Crippen molar-refractivity contribution in [3.63, 3.8) is 0 Å². The van der Waals surface area contributed by atoms with Crippen molar-refractivity contribution < 1.29 is 27.5 Å². The van der Waals surface area contributed by atoms with Gasteiger partial charge in [-0.15, -0.1) is 0 Å². The van der Waals surface area contributed by atoms with Gasteiger partial charge in [-0.25, -0.2) is 0 Å². The Hall–Kier alpha value is -3.38. The second-order valence-corrected chi connectivity index (χ2v) is 8.25. The highest BCUT2D eigenvalue weighted by Crippen LogP contribution is 2.36. The number of hydrogen-bond acceptors (Lipinski definition) is 8. The summed E-state index contributed by atoms with van der Waals surface area (Å²) in [7, 11) is 0. The number of pyridine rings is 2. The van der Waals surface area contributed by atoms with Crippen LogP contribution in [0.4, 0.5) is 30.4 Å². The van der Waals surface area contributed by atoms with Crippen LogP contribution in [-0.4, -0.2) is 46.2 Å². The molecule has 0 spiro atoms. The van der Waals surface area contributed by atoms with E-state index in [1.807, 2.05) is 18.7 Å². The quantitative estimate of drug-likeness (QED) is 0.463. The molecule has 4 rings (SSSR count). The molecule has 0 unspecified atom stereocenters. The molecule has 3 aromatic rings. The number of amides is 1. The third kappa shape index (κ3) is 4.18. The summed E-state index contributed by atoms with van der Waals surface area (Å²) in [6, 6.07) is 0.266. The molecule has 0 radical (unpaired) electrons. The Morgan fingerprint density at radius 2 is 2.03 bits per heavy atom. The standard InChI is InChI=1S/C21H23F3N6O3/c1-9-4-27-6-13(17(9)30-7-10(2)18(31)12(25)8-30)29-20(32)15-16-14(33-19(15)26)3-11(5-28-16)21(22,23)24/h3-6,10,12,18,31H,7-8,25-26H2,1-2H3,(H,29,32)/t10-,12+,18+/m0/s1. The molecule has 0 saturated carbocycles. The SMILES string of the molecule is Cc1cncc(NC(=O)c2c(N)oc3cc(C(F)(F)F)cnc23)c1N1C[C@@H](N)[C@H](O)[C@@H](C)C1. The van der Waals surface area contributed by atoms with Crippen molar-refractivity contribution in [1.82, 2.24) is 9.97 Å². The minimum absolute atomic E-state index is 0.0862. The number of nitrogen functional groups attached to an aromatic ring is 1. The maximum absolute atomic E-state index is 13.1. The van der Waals surface area contributed by atoms with Crippen molar-refractivity contribution >= 4 is 34.3 Å². The van der Waals surface area contributed by atoms with E-state index in [2.05, 4.69) is 15.3 Å². The lowest BCUT2D eigenvalue weighted by Gasteiger charge is -2.41. The van der Waals surface area contributed by atoms with Crippen LogP contribution >= 0.6 is 0 Å². The third-order valence-corrected chi connectivity index (χ3v) is 5.74. The fourth-order valence-corrected chi connectivity index (χ4v) is 4.12. The van der Waals surface area contributed by atoms with Gasteiger partial charge in [-0.05, 0) is 18.6 Å². The number of carbonyl (C=O) groups is 1. The number of aliphatic hydroxyl groups is 1. The second-order valence-electron chi connectivity index (χ2n) is 8.25. The highest BCUT2D eigenvalue weighted by molar-refractivity contribution is 6.15. The van der Waals surface area contributed by atoms with E-state index in [1.54, 1.807) is 6.20 Å². The highest BCUT2D eigenvalue weighted by atomic mass is 19.4. The molecule has 0 aliphatic carbocycles. The number of hydrogen-bond donors (Lipinski definition) is 4. The Bertz CT molecular complexity index is 1200. The lowest BCUT2D eigenvalue weighted by Crippen LogP contribution is -2.55. The first-order valence-electron chi connectivity index (χ1n) is 10.2. The zero-order valence-electron chi connectivity index (χ0n) is 17.8. The lowest BCUT2D eigenvalue weighted by molar-refractivity contribution is -0.137. The van der Waals surface area contributed by atoms with Crippen LogP contribution in [0.15, 0.2) is 29.1 Å². The zero-order chi connectivity index (χ0) is 24.1. The first-order valence-corrected chi connectivity index (χ1v) is 10.2. The second kappa shape index (κ2) is 8.19. The Morgan fingerprint density at radius 3 is 2.70 bits per heavy atom. The molecule has 3 aromatic heterocycles. The average molecular weight is 464 g/mol. The number of alkyl halides is 3. The lowest BCUT2D eigenvalue weighted by atomic mass is 9.92. The fraction of sp³-hybridized carbons (Fsp3) is 0.381. The number of nitrogens with zero attached hydrogens (tertiary/aromatic N) is 3. The Labute approximate surface area is 186 Å². The van der Waals surface area contributed by atoms with Crippen molar-refractivity contribution in [3.05, 3.63) is 41.3 Å². The molecule has 6 N–H and O–H groups in total. The van der Waals surface area contributed by atoms with Gasteiger partial charge in [0.05, 0.1) is 29.2 Å². The summed E-state index contributed by atoms with van der Waals surface area (Å²) in [5.41, 5.74) is 12.2. The summed E-state index contributed by atoms with van der Waals surface area (Å²) in [4.78, 5) is 22.9. The van der Waals surface area contributed by atoms with Crippen LogP contribution in [0.25, 0.3) is 11.1 Å². The van der Waals surface area contributed by atoms with Crippen LogP contribution in [0, 0.1) is 12.8 Å². The van der Waals surface area contributed by atoms with Crippen LogP contribution in [0.3, 0.4) is 0 Å². The van der Waals surface area contributed by atoms with Gasteiger partial charge >= 0.3 is 6.18 Å². The van der Waals surface area contributed by atoms with E-state index in [4.69, 9.17) is 15.9 Å². The smallest absolute Gasteiger partial charge is 0.418 e. The predicted molar refractivity (Wildman–Crippen MR) is 116 cm³/mol. The molecule has 1 aliphatic rings. The van der Waals surface area contributed by atoms with Gasteiger partial charge in [0.2, 0.25) is 5.88 Å². The number of fused-ring (bicyclic) bond motifs is 1. The molecule has 3 atom stereocenters. The average Bonchev–Trinajstić information content (AvgIpc) is 3.06. The van der Waals surface area contributed by atoms with Crippen molar-refractivity contribution in [2.45, 2.75) is 32.2 Å². The Kier molecular flexibility index (Phi) is 5.66. The topological polar surface area (TPSA) is 144 Å². The van der Waals surface area contributed by atoms with E-state index in [9.17, 15) is 23.1 Å². The zero-order valence-corrected chi connectivity index (χ0v) is 17.8. The largest absolute Gasteiger partial charge is 0.438 e. The minimum Gasteiger partial charge on any atom is -0.438 e. The van der Waals surface area contributed by atoms with E-state index in [0.29, 0.717) is 30.7 Å². The number of piperidine rings is 1. The first kappa shape index (κ1) is 22.8. The summed E-state index contributed by atoms with van der Waals surface area (Å²) in [6.45, 7) is 4.56. The molecule has 0 bridgehead atoms. The summed E-state index contributed by atoms with van der Waals surface area (Å²) in [5, 5.41) is 12.9. The normalized spacial score (nSPS) is 21.4. The molecule has 4 heterocycles. The Balaban J connectivity index is 1.68. The van der Waals surface area contributed by atoms with Crippen molar-refractivity contribution in [2.24, 2.45) is 11.7 Å². The van der Waals surface area contributed by atoms with Crippen molar-refractivity contribution in [3.8, 4) is 0 Å². The molecule has 1 fully saturated rings. The number of halogens is 3. The molecule has 0 aromatic carbocycles. The number of rotatable bonds is 3. The number of carbonyl (C=O) groups excluding carboxylic acids is 1. The van der Waals surface area contributed by atoms with Crippen molar-refractivity contribution in [2.75, 3.05) is 29.0 Å². The molecule has 176 valence electrons. The molecular weight excluding hydrogens is 441 g/mol. The number of anilines is 3. The molecule has 1 amide bonds. The number of furan rings is 1. The fourth-order valence-electron chi connectivity index (χ4n) is 4.12. The summed E-state index contributed by atoms with van der Waals surface area (Å²) in [6.07, 6.45) is -1.56. The van der Waals surface area contributed by atoms with Crippen LogP contribution < -0.4 is 21.7 Å². The molecule has 9 nitrogen and oxygen atoms in total. The third-order valence-electron chi connectivity index (χ3n) is 5.74. The number of nitrogens with two attached hydrogens (primary N) is 2. The molecular formula is C21H23F3N6O3. The maximum atomic E-state index is 13.1. The summed E-state index contributed by atoms with van der Waals surface area (Å²) in [5.74, 6) is -1.17. The van der Waals surface area contributed by atoms with Crippen molar-refractivity contribution in [1.29, 1.82) is 0 Å². The molecule has 12 heteroatoms. The summed E-state index contributed by atoms with van der Waals surface area (Å²) >= 11 is 0. The number of aryl methyl sites for hydroxylation is 1. The maximum Gasteiger partial charge on any atom is 0.418 e. The number of aliphatic hydroxyl groups excluding tert-OH is 1. The van der Waals surface area contributed by atoms with Crippen LogP contribution in [0.2, 0.25) is 0 Å². The minimum atomic E-state index is -4.62. The molecule has 1 saturated heterocycles. The van der Waals surface area contributed by atoms with Gasteiger partial charge < -0.3 is 31.2 Å². The summed E-state index contributed by atoms with van der Waals surface area (Å²) < 4.78 is 44.1. The molecule has 33 heavy (non-hydrogen) atoms. The highest BCUT2D eigenvalue weighted by Gasteiger charge is 2.34. The van der Waals surface area contributed by atoms with Gasteiger partial charge in [-0.1, -0.05) is 6.92 Å². The van der Waals surface area contributed by atoms with E-state index in [0.717, 1.165) is 11.6 Å². The first-order chi connectivity index (χ1) is 15.5. The van der Waals surface area contributed by atoms with Gasteiger partial charge in [0.25, 0.3) is 5.91 Å². The van der Waals surface area contributed by atoms with Gasteiger partial charge in [0.1, 0.15) is 11.1 Å². The number of nitrogens with one attached hydrogen (secondary N) is 1. The van der Waals surface area contributed by atoms with Gasteiger partial charge in [-0.2, -0.15) is 13.2 Å². The Morgan fingerprint density at radius 1 is 1.30 bits per heavy atom. The van der Waals surface area contributed by atoms with E-state index in [-0.39, 0.29) is 28.5 Å².